The fraction of sp³-hybridized carbons (Fsp3) is 0.0476. The van der Waals surface area contributed by atoms with Gasteiger partial charge in [0.2, 0.25) is 0 Å². The molecule has 0 amide bonds. The second kappa shape index (κ2) is 6.59. The highest BCUT2D eigenvalue weighted by molar-refractivity contribution is 5.93. The molecule has 142 valence electrons. The highest BCUT2D eigenvalue weighted by atomic mass is 19.1. The first-order valence-corrected chi connectivity index (χ1v) is 8.84. The summed E-state index contributed by atoms with van der Waals surface area (Å²) in [6.45, 7) is 0.0691. The third-order valence-electron chi connectivity index (χ3n) is 4.76. The Morgan fingerprint density at radius 3 is 2.55 bits per heavy atom. The van der Waals surface area contributed by atoms with Crippen LogP contribution in [-0.2, 0) is 6.54 Å². The Morgan fingerprint density at radius 1 is 0.966 bits per heavy atom. The van der Waals surface area contributed by atoms with E-state index in [1.54, 1.807) is 42.6 Å². The van der Waals surface area contributed by atoms with Crippen LogP contribution >= 0.6 is 0 Å². The van der Waals surface area contributed by atoms with Gasteiger partial charge in [0.05, 0.1) is 23.1 Å². The molecular weight excluding hydrogens is 376 g/mol. The zero-order valence-corrected chi connectivity index (χ0v) is 15.0. The minimum Gasteiger partial charge on any atom is -0.310 e. The van der Waals surface area contributed by atoms with E-state index in [2.05, 4.69) is 15.1 Å². The number of hydrogen-bond acceptors (Lipinski definition) is 4. The first-order chi connectivity index (χ1) is 14.1. The number of hydrogen-bond donors (Lipinski definition) is 0. The number of halogens is 2. The maximum absolute atomic E-state index is 14.1. The second-order valence-electron chi connectivity index (χ2n) is 6.54. The summed E-state index contributed by atoms with van der Waals surface area (Å²) in [5, 5.41) is 4.48. The first-order valence-electron chi connectivity index (χ1n) is 8.84. The molecular formula is C21H13F2N5O. The molecule has 0 spiro atoms. The number of fused-ring (bicyclic) bond motifs is 2. The molecule has 0 bridgehead atoms. The zero-order valence-electron chi connectivity index (χ0n) is 15.0. The van der Waals surface area contributed by atoms with Crippen LogP contribution in [0, 0.1) is 11.6 Å². The summed E-state index contributed by atoms with van der Waals surface area (Å²) in [4.78, 5) is 21.8. The molecule has 5 aromatic rings. The molecule has 0 N–H and O–H groups in total. The Balaban J connectivity index is 1.80. The van der Waals surface area contributed by atoms with E-state index in [0.717, 1.165) is 0 Å². The average Bonchev–Trinajstić information content (AvgIpc) is 3.19. The average molecular weight is 389 g/mol. The molecule has 8 heteroatoms. The van der Waals surface area contributed by atoms with E-state index in [1.165, 1.54) is 33.6 Å². The van der Waals surface area contributed by atoms with E-state index in [9.17, 15) is 13.6 Å². The van der Waals surface area contributed by atoms with Crippen molar-refractivity contribution in [2.45, 2.75) is 6.54 Å². The lowest BCUT2D eigenvalue weighted by Crippen LogP contribution is -2.22. The summed E-state index contributed by atoms with van der Waals surface area (Å²) in [6, 6.07) is 13.7. The van der Waals surface area contributed by atoms with E-state index in [4.69, 9.17) is 0 Å². The highest BCUT2D eigenvalue weighted by Crippen LogP contribution is 2.26. The number of aromatic nitrogens is 5. The lowest BCUT2D eigenvalue weighted by Gasteiger charge is -2.12. The molecule has 0 saturated heterocycles. The summed E-state index contributed by atoms with van der Waals surface area (Å²) in [6.07, 6.45) is 2.91. The minimum absolute atomic E-state index is 0.0691. The van der Waals surface area contributed by atoms with E-state index in [-0.39, 0.29) is 23.7 Å². The van der Waals surface area contributed by atoms with Crippen molar-refractivity contribution in [2.24, 2.45) is 0 Å². The number of rotatable bonds is 3. The van der Waals surface area contributed by atoms with E-state index < -0.39 is 0 Å². The predicted octanol–water partition coefficient (Wildman–Crippen LogP) is 3.43. The first kappa shape index (κ1) is 17.2. The Morgan fingerprint density at radius 2 is 1.76 bits per heavy atom. The maximum atomic E-state index is 14.1. The van der Waals surface area contributed by atoms with Gasteiger partial charge in [-0.05, 0) is 36.4 Å². The van der Waals surface area contributed by atoms with Crippen molar-refractivity contribution in [2.75, 3.05) is 0 Å². The Labute approximate surface area is 162 Å². The topological polar surface area (TPSA) is 65.1 Å². The van der Waals surface area contributed by atoms with Crippen LogP contribution in [0.5, 0.6) is 0 Å². The second-order valence-corrected chi connectivity index (χ2v) is 6.54. The van der Waals surface area contributed by atoms with Crippen molar-refractivity contribution in [1.82, 2.24) is 24.1 Å². The zero-order chi connectivity index (χ0) is 20.0. The quantitative estimate of drug-likeness (QED) is 0.474. The van der Waals surface area contributed by atoms with Crippen molar-refractivity contribution in [1.29, 1.82) is 0 Å². The third kappa shape index (κ3) is 2.85. The highest BCUT2D eigenvalue weighted by Gasteiger charge is 2.17. The minimum atomic E-state index is -0.390. The molecule has 0 unspecified atom stereocenters. The standard InChI is InChI=1S/C21H13F2N5O/c22-15-7-5-13(6-8-15)19-18-17(26-21-24-12-25-28(19)21)9-10-27(20(18)29)11-14-3-1-2-4-16(14)23/h1-10,12H,11H2. The molecule has 0 aliphatic heterocycles. The van der Waals surface area contributed by atoms with E-state index >= 15 is 0 Å². The van der Waals surface area contributed by atoms with Crippen LogP contribution in [0.1, 0.15) is 5.56 Å². The Hall–Kier alpha value is -3.94. The molecule has 0 aliphatic carbocycles. The van der Waals surface area contributed by atoms with Gasteiger partial charge in [-0.2, -0.15) is 14.6 Å². The van der Waals surface area contributed by atoms with Gasteiger partial charge >= 0.3 is 0 Å². The number of benzene rings is 2. The molecule has 2 aromatic carbocycles. The van der Waals surface area contributed by atoms with Gasteiger partial charge in [0.15, 0.2) is 0 Å². The Bertz CT molecular complexity index is 1420. The summed E-state index contributed by atoms with van der Waals surface area (Å²) >= 11 is 0. The van der Waals surface area contributed by atoms with Crippen LogP contribution in [0.4, 0.5) is 8.78 Å². The van der Waals surface area contributed by atoms with Crippen LogP contribution in [0.15, 0.2) is 71.9 Å². The fourth-order valence-corrected chi connectivity index (χ4v) is 3.37. The van der Waals surface area contributed by atoms with Gasteiger partial charge in [0.25, 0.3) is 11.3 Å². The lowest BCUT2D eigenvalue weighted by molar-refractivity contribution is 0.597. The van der Waals surface area contributed by atoms with Gasteiger partial charge in [-0.25, -0.2) is 13.8 Å². The molecule has 0 aliphatic rings. The summed E-state index contributed by atoms with van der Waals surface area (Å²) in [5.41, 5.74) is 1.52. The summed E-state index contributed by atoms with van der Waals surface area (Å²) in [7, 11) is 0. The van der Waals surface area contributed by atoms with Gasteiger partial charge in [-0.3, -0.25) is 4.79 Å². The molecule has 0 fully saturated rings. The molecule has 0 saturated carbocycles. The molecule has 0 radical (unpaired) electrons. The van der Waals surface area contributed by atoms with Gasteiger partial charge in [-0.1, -0.05) is 18.2 Å². The van der Waals surface area contributed by atoms with Crippen molar-refractivity contribution in [3.8, 4) is 11.3 Å². The Kier molecular flexibility index (Phi) is 3.90. The lowest BCUT2D eigenvalue weighted by atomic mass is 10.1. The van der Waals surface area contributed by atoms with Gasteiger partial charge < -0.3 is 4.57 Å². The van der Waals surface area contributed by atoms with Gasteiger partial charge in [0, 0.05) is 17.3 Å². The van der Waals surface area contributed by atoms with Gasteiger partial charge in [-0.15, -0.1) is 0 Å². The number of pyridine rings is 1. The van der Waals surface area contributed by atoms with Crippen LogP contribution in [-0.4, -0.2) is 24.1 Å². The third-order valence-corrected chi connectivity index (χ3v) is 4.76. The smallest absolute Gasteiger partial charge is 0.262 e. The predicted molar refractivity (Wildman–Crippen MR) is 103 cm³/mol. The molecule has 5 rings (SSSR count). The molecule has 3 aromatic heterocycles. The SMILES string of the molecule is O=c1c2c(-c3ccc(F)cc3)n3ncnc3nc2ccn1Cc1ccccc1F. The van der Waals surface area contributed by atoms with Crippen LogP contribution in [0.2, 0.25) is 0 Å². The monoisotopic (exact) mass is 389 g/mol. The maximum Gasteiger partial charge on any atom is 0.262 e. The van der Waals surface area contributed by atoms with Crippen molar-refractivity contribution in [3.63, 3.8) is 0 Å². The van der Waals surface area contributed by atoms with Crippen molar-refractivity contribution >= 4 is 16.7 Å². The molecule has 0 atom stereocenters. The van der Waals surface area contributed by atoms with Gasteiger partial charge in [0.1, 0.15) is 18.0 Å². The summed E-state index contributed by atoms with van der Waals surface area (Å²) < 4.78 is 30.4. The van der Waals surface area contributed by atoms with Crippen LogP contribution < -0.4 is 5.56 Å². The van der Waals surface area contributed by atoms with E-state index in [0.29, 0.717) is 33.5 Å². The van der Waals surface area contributed by atoms with E-state index in [1.807, 2.05) is 0 Å². The normalized spacial score (nSPS) is 11.4. The van der Waals surface area contributed by atoms with Crippen LogP contribution in [0.3, 0.4) is 0 Å². The number of nitrogens with zero attached hydrogens (tertiary/aromatic N) is 5. The van der Waals surface area contributed by atoms with Crippen molar-refractivity contribution in [3.05, 3.63) is 94.7 Å². The largest absolute Gasteiger partial charge is 0.310 e. The molecule has 3 heterocycles. The van der Waals surface area contributed by atoms with Crippen molar-refractivity contribution < 1.29 is 8.78 Å². The molecule has 29 heavy (non-hydrogen) atoms. The molecule has 6 nitrogen and oxygen atoms in total. The fourth-order valence-electron chi connectivity index (χ4n) is 3.37. The van der Waals surface area contributed by atoms with Crippen LogP contribution in [0.25, 0.3) is 27.9 Å². The summed E-state index contributed by atoms with van der Waals surface area (Å²) in [5.74, 6) is -0.454.